The van der Waals surface area contributed by atoms with Crippen molar-refractivity contribution in [2.45, 2.75) is 39.7 Å². The van der Waals surface area contributed by atoms with Crippen molar-refractivity contribution in [3.63, 3.8) is 0 Å². The third kappa shape index (κ3) is 9.93. The zero-order chi connectivity index (χ0) is 12.4. The Balaban J connectivity index is 3.36. The number of hydrogen-bond acceptors (Lipinski definition) is 3. The standard InChI is InChI=1S/C12H27N3O/c1-5-6-12(16)14-8-10-15(4)9-7-13-11(2)3/h11,13H,5-10H2,1-4H3,(H,14,16). The Morgan fingerprint density at radius 3 is 2.44 bits per heavy atom. The molecule has 0 saturated carbocycles. The van der Waals surface area contributed by atoms with E-state index in [9.17, 15) is 4.79 Å². The lowest BCUT2D eigenvalue weighted by Gasteiger charge is -2.18. The summed E-state index contributed by atoms with van der Waals surface area (Å²) in [6.45, 7) is 9.98. The maximum absolute atomic E-state index is 11.2. The Bertz CT molecular complexity index is 183. The van der Waals surface area contributed by atoms with Crippen LogP contribution in [0.25, 0.3) is 0 Å². The minimum absolute atomic E-state index is 0.163. The number of carbonyl (C=O) groups excluding carboxylic acids is 1. The molecule has 16 heavy (non-hydrogen) atoms. The van der Waals surface area contributed by atoms with Gasteiger partial charge in [0, 0.05) is 38.6 Å². The molecule has 2 N–H and O–H groups in total. The molecule has 0 aromatic carbocycles. The molecule has 0 bridgehead atoms. The summed E-state index contributed by atoms with van der Waals surface area (Å²) in [6, 6.07) is 0.539. The molecule has 0 fully saturated rings. The van der Waals surface area contributed by atoms with Gasteiger partial charge in [0.1, 0.15) is 0 Å². The Kier molecular flexibility index (Phi) is 9.24. The van der Waals surface area contributed by atoms with Crippen molar-refractivity contribution in [2.24, 2.45) is 0 Å². The van der Waals surface area contributed by atoms with E-state index in [2.05, 4.69) is 36.4 Å². The van der Waals surface area contributed by atoms with E-state index in [-0.39, 0.29) is 5.91 Å². The highest BCUT2D eigenvalue weighted by molar-refractivity contribution is 5.75. The lowest BCUT2D eigenvalue weighted by atomic mass is 10.3. The molecule has 0 atom stereocenters. The van der Waals surface area contributed by atoms with Gasteiger partial charge in [-0.2, -0.15) is 0 Å². The molecule has 0 saturated heterocycles. The summed E-state index contributed by atoms with van der Waals surface area (Å²) in [5, 5.41) is 6.28. The van der Waals surface area contributed by atoms with Crippen LogP contribution in [0, 0.1) is 0 Å². The van der Waals surface area contributed by atoms with Gasteiger partial charge >= 0.3 is 0 Å². The van der Waals surface area contributed by atoms with Gasteiger partial charge in [-0.1, -0.05) is 20.8 Å². The van der Waals surface area contributed by atoms with Crippen molar-refractivity contribution >= 4 is 5.91 Å². The van der Waals surface area contributed by atoms with Gasteiger partial charge in [0.05, 0.1) is 0 Å². The fourth-order valence-electron chi connectivity index (χ4n) is 1.36. The maximum atomic E-state index is 11.2. The summed E-state index contributed by atoms with van der Waals surface area (Å²) >= 11 is 0. The van der Waals surface area contributed by atoms with Gasteiger partial charge in [0.15, 0.2) is 0 Å². The summed E-state index contributed by atoms with van der Waals surface area (Å²) in [5.41, 5.74) is 0. The molecule has 0 aliphatic carbocycles. The lowest BCUT2D eigenvalue weighted by Crippen LogP contribution is -2.37. The van der Waals surface area contributed by atoms with Gasteiger partial charge in [-0.05, 0) is 13.5 Å². The van der Waals surface area contributed by atoms with Gasteiger partial charge in [0.2, 0.25) is 5.91 Å². The maximum Gasteiger partial charge on any atom is 0.220 e. The second-order valence-corrected chi connectivity index (χ2v) is 4.51. The zero-order valence-corrected chi connectivity index (χ0v) is 11.2. The first-order valence-corrected chi connectivity index (χ1v) is 6.24. The minimum Gasteiger partial charge on any atom is -0.355 e. The third-order valence-electron chi connectivity index (χ3n) is 2.34. The van der Waals surface area contributed by atoms with E-state index in [4.69, 9.17) is 0 Å². The van der Waals surface area contributed by atoms with Gasteiger partial charge in [-0.25, -0.2) is 0 Å². The molecule has 4 heteroatoms. The van der Waals surface area contributed by atoms with E-state index >= 15 is 0 Å². The number of nitrogens with one attached hydrogen (secondary N) is 2. The molecule has 0 unspecified atom stereocenters. The number of rotatable bonds is 9. The fraction of sp³-hybridized carbons (Fsp3) is 0.917. The van der Waals surface area contributed by atoms with E-state index < -0.39 is 0 Å². The predicted molar refractivity (Wildman–Crippen MR) is 68.6 cm³/mol. The SMILES string of the molecule is CCCC(=O)NCCN(C)CCNC(C)C. The van der Waals surface area contributed by atoms with E-state index in [1.165, 1.54) is 0 Å². The Labute approximate surface area is 99.8 Å². The van der Waals surface area contributed by atoms with Crippen molar-refractivity contribution in [1.29, 1.82) is 0 Å². The molecule has 96 valence electrons. The number of nitrogens with zero attached hydrogens (tertiary/aromatic N) is 1. The van der Waals surface area contributed by atoms with Crippen molar-refractivity contribution in [3.8, 4) is 0 Å². The predicted octanol–water partition coefficient (Wildman–Crippen LogP) is 0.833. The summed E-state index contributed by atoms with van der Waals surface area (Å²) in [7, 11) is 2.08. The summed E-state index contributed by atoms with van der Waals surface area (Å²) in [4.78, 5) is 13.4. The number of likely N-dealkylation sites (N-methyl/N-ethyl adjacent to an activating group) is 1. The Morgan fingerprint density at radius 1 is 1.25 bits per heavy atom. The first-order chi connectivity index (χ1) is 7.56. The first kappa shape index (κ1) is 15.4. The van der Waals surface area contributed by atoms with E-state index in [0.717, 1.165) is 32.6 Å². The largest absolute Gasteiger partial charge is 0.355 e. The second-order valence-electron chi connectivity index (χ2n) is 4.51. The minimum atomic E-state index is 0.163. The molecule has 0 spiro atoms. The topological polar surface area (TPSA) is 44.4 Å². The highest BCUT2D eigenvalue weighted by atomic mass is 16.1. The molecule has 0 aliphatic heterocycles. The highest BCUT2D eigenvalue weighted by Gasteiger charge is 2.01. The van der Waals surface area contributed by atoms with Crippen LogP contribution < -0.4 is 10.6 Å². The first-order valence-electron chi connectivity index (χ1n) is 6.24. The average molecular weight is 229 g/mol. The molecule has 0 heterocycles. The summed E-state index contributed by atoms with van der Waals surface area (Å²) < 4.78 is 0. The lowest BCUT2D eigenvalue weighted by molar-refractivity contribution is -0.121. The van der Waals surface area contributed by atoms with Crippen LogP contribution in [0.3, 0.4) is 0 Å². The van der Waals surface area contributed by atoms with Crippen molar-refractivity contribution in [1.82, 2.24) is 15.5 Å². The molecular weight excluding hydrogens is 202 g/mol. The number of hydrogen-bond donors (Lipinski definition) is 2. The number of carbonyl (C=O) groups is 1. The normalized spacial score (nSPS) is 11.1. The van der Waals surface area contributed by atoms with Crippen molar-refractivity contribution in [3.05, 3.63) is 0 Å². The summed E-state index contributed by atoms with van der Waals surface area (Å²) in [6.07, 6.45) is 1.55. The Morgan fingerprint density at radius 2 is 1.88 bits per heavy atom. The molecule has 0 rings (SSSR count). The second kappa shape index (κ2) is 9.60. The van der Waals surface area contributed by atoms with Crippen LogP contribution in [0.1, 0.15) is 33.6 Å². The van der Waals surface area contributed by atoms with Gasteiger partial charge in [-0.3, -0.25) is 4.79 Å². The van der Waals surface area contributed by atoms with E-state index in [0.29, 0.717) is 12.5 Å². The van der Waals surface area contributed by atoms with Gasteiger partial charge < -0.3 is 15.5 Å². The smallest absolute Gasteiger partial charge is 0.220 e. The van der Waals surface area contributed by atoms with Crippen molar-refractivity contribution in [2.75, 3.05) is 33.2 Å². The van der Waals surface area contributed by atoms with E-state index in [1.54, 1.807) is 0 Å². The zero-order valence-electron chi connectivity index (χ0n) is 11.2. The van der Waals surface area contributed by atoms with Gasteiger partial charge in [-0.15, -0.1) is 0 Å². The monoisotopic (exact) mass is 229 g/mol. The van der Waals surface area contributed by atoms with Crippen LogP contribution in [0.4, 0.5) is 0 Å². The van der Waals surface area contributed by atoms with Crippen LogP contribution in [0.5, 0.6) is 0 Å². The van der Waals surface area contributed by atoms with E-state index in [1.807, 2.05) is 6.92 Å². The van der Waals surface area contributed by atoms with Crippen LogP contribution >= 0.6 is 0 Å². The van der Waals surface area contributed by atoms with Gasteiger partial charge in [0.25, 0.3) is 0 Å². The van der Waals surface area contributed by atoms with Crippen molar-refractivity contribution < 1.29 is 4.79 Å². The number of amides is 1. The Hall–Kier alpha value is -0.610. The van der Waals surface area contributed by atoms with Crippen LogP contribution in [0.2, 0.25) is 0 Å². The molecule has 0 aliphatic rings. The fourth-order valence-corrected chi connectivity index (χ4v) is 1.36. The van der Waals surface area contributed by atoms with Crippen LogP contribution in [0.15, 0.2) is 0 Å². The quantitative estimate of drug-likeness (QED) is 0.615. The summed E-state index contributed by atoms with van der Waals surface area (Å²) in [5.74, 6) is 0.163. The molecule has 1 amide bonds. The third-order valence-corrected chi connectivity index (χ3v) is 2.34. The molecule has 0 radical (unpaired) electrons. The molecule has 0 aromatic rings. The molecular formula is C12H27N3O. The van der Waals surface area contributed by atoms with Crippen LogP contribution in [-0.4, -0.2) is 50.1 Å². The highest BCUT2D eigenvalue weighted by Crippen LogP contribution is 1.86. The molecule has 4 nitrogen and oxygen atoms in total. The average Bonchev–Trinajstić information content (AvgIpc) is 2.17. The molecule has 0 aromatic heterocycles. The van der Waals surface area contributed by atoms with Crippen LogP contribution in [-0.2, 0) is 4.79 Å².